The monoisotopic (exact) mass is 232 g/mol. The summed E-state index contributed by atoms with van der Waals surface area (Å²) in [5.74, 6) is 0.826. The van der Waals surface area contributed by atoms with Crippen molar-refractivity contribution in [2.75, 3.05) is 0 Å². The smallest absolute Gasteiger partial charge is 0.251 e. The molecule has 0 radical (unpaired) electrons. The first-order chi connectivity index (χ1) is 8.24. The Morgan fingerprint density at radius 3 is 3.00 bits per heavy atom. The molecule has 4 heteroatoms. The summed E-state index contributed by atoms with van der Waals surface area (Å²) in [7, 11) is 0. The van der Waals surface area contributed by atoms with Crippen LogP contribution in [-0.4, -0.2) is 18.1 Å². The average Bonchev–Trinajstić information content (AvgIpc) is 2.87. The van der Waals surface area contributed by atoms with E-state index >= 15 is 0 Å². The Morgan fingerprint density at radius 1 is 1.35 bits per heavy atom. The predicted molar refractivity (Wildman–Crippen MR) is 63.9 cm³/mol. The molecule has 17 heavy (non-hydrogen) atoms. The summed E-state index contributed by atoms with van der Waals surface area (Å²) in [6.07, 6.45) is 3.32. The Bertz CT molecular complexity index is 459. The number of fused-ring (bicyclic) bond motifs is 1. The van der Waals surface area contributed by atoms with Crippen molar-refractivity contribution >= 4 is 5.91 Å². The Labute approximate surface area is 100 Å². The summed E-state index contributed by atoms with van der Waals surface area (Å²) in [5, 5.41) is 2.80. The first-order valence-electron chi connectivity index (χ1n) is 6.07. The van der Waals surface area contributed by atoms with E-state index in [-0.39, 0.29) is 18.1 Å². The largest absolute Gasteiger partial charge is 0.489 e. The van der Waals surface area contributed by atoms with Crippen LogP contribution in [0, 0.1) is 0 Å². The topological polar surface area (TPSA) is 64.3 Å². The van der Waals surface area contributed by atoms with Crippen molar-refractivity contribution in [1.29, 1.82) is 0 Å². The van der Waals surface area contributed by atoms with Crippen LogP contribution in [0.5, 0.6) is 5.75 Å². The van der Waals surface area contributed by atoms with Crippen molar-refractivity contribution in [3.05, 3.63) is 29.3 Å². The average molecular weight is 232 g/mol. The zero-order valence-corrected chi connectivity index (χ0v) is 9.61. The number of carbonyl (C=O) groups is 1. The van der Waals surface area contributed by atoms with Crippen LogP contribution >= 0.6 is 0 Å². The third-order valence-corrected chi connectivity index (χ3v) is 3.55. The second kappa shape index (κ2) is 4.04. The Kier molecular flexibility index (Phi) is 2.52. The summed E-state index contributed by atoms with van der Waals surface area (Å²) in [6.45, 7) is 0.599. The van der Waals surface area contributed by atoms with E-state index in [2.05, 4.69) is 5.32 Å². The van der Waals surface area contributed by atoms with Crippen molar-refractivity contribution in [3.8, 4) is 5.75 Å². The number of carbonyl (C=O) groups excluding carboxylic acids is 1. The van der Waals surface area contributed by atoms with Gasteiger partial charge in [-0.05, 0) is 43.0 Å². The minimum Gasteiger partial charge on any atom is -0.489 e. The van der Waals surface area contributed by atoms with Crippen LogP contribution in [0.3, 0.4) is 0 Å². The van der Waals surface area contributed by atoms with Gasteiger partial charge in [0.25, 0.3) is 5.91 Å². The normalized spacial score (nSPS) is 26.8. The maximum atomic E-state index is 11.4. The molecule has 0 saturated heterocycles. The second-order valence-electron chi connectivity index (χ2n) is 4.75. The molecule has 0 bridgehead atoms. The van der Waals surface area contributed by atoms with E-state index in [0.717, 1.165) is 36.1 Å². The number of benzene rings is 1. The number of nitrogens with two attached hydrogens (primary N) is 1. The molecule has 4 nitrogen and oxygen atoms in total. The Hall–Kier alpha value is -1.55. The maximum absolute atomic E-state index is 11.4. The van der Waals surface area contributed by atoms with Crippen molar-refractivity contribution < 1.29 is 9.53 Å². The lowest BCUT2D eigenvalue weighted by molar-refractivity contribution is 0.0966. The molecule has 1 aromatic rings. The lowest BCUT2D eigenvalue weighted by atomic mass is 10.1. The molecule has 1 heterocycles. The lowest BCUT2D eigenvalue weighted by Gasteiger charge is -2.18. The van der Waals surface area contributed by atoms with Crippen LogP contribution in [0.2, 0.25) is 0 Å². The van der Waals surface area contributed by atoms with Crippen molar-refractivity contribution in [1.82, 2.24) is 5.32 Å². The molecule has 2 unspecified atom stereocenters. The number of nitrogens with one attached hydrogen (secondary N) is 1. The third-order valence-electron chi connectivity index (χ3n) is 3.55. The zero-order chi connectivity index (χ0) is 11.8. The number of rotatable bonds is 2. The van der Waals surface area contributed by atoms with Crippen molar-refractivity contribution in [2.45, 2.75) is 38.0 Å². The van der Waals surface area contributed by atoms with Crippen molar-refractivity contribution in [2.24, 2.45) is 5.73 Å². The highest BCUT2D eigenvalue weighted by Crippen LogP contribution is 2.26. The molecule has 1 fully saturated rings. The summed E-state index contributed by atoms with van der Waals surface area (Å²) >= 11 is 0. The quantitative estimate of drug-likeness (QED) is 0.805. The van der Waals surface area contributed by atoms with Gasteiger partial charge in [-0.3, -0.25) is 4.79 Å². The standard InChI is InChI=1S/C13H16N2O2/c14-11-2-1-3-12(11)17-9-4-5-10-8(6-9)7-15-13(10)16/h4-6,11-12H,1-3,7,14H2,(H,15,16). The van der Waals surface area contributed by atoms with Crippen LogP contribution in [0.1, 0.15) is 35.2 Å². The SMILES string of the molecule is NC1CCCC1Oc1ccc2c(c1)CNC2=O. The molecule has 90 valence electrons. The van der Waals surface area contributed by atoms with Crippen LogP contribution < -0.4 is 15.8 Å². The second-order valence-corrected chi connectivity index (χ2v) is 4.75. The summed E-state index contributed by atoms with van der Waals surface area (Å²) in [4.78, 5) is 11.4. The van der Waals surface area contributed by atoms with Gasteiger partial charge in [-0.1, -0.05) is 0 Å². The summed E-state index contributed by atoms with van der Waals surface area (Å²) < 4.78 is 5.88. The van der Waals surface area contributed by atoms with Gasteiger partial charge in [0, 0.05) is 18.2 Å². The highest BCUT2D eigenvalue weighted by atomic mass is 16.5. The van der Waals surface area contributed by atoms with Gasteiger partial charge in [0.05, 0.1) is 0 Å². The first-order valence-corrected chi connectivity index (χ1v) is 6.07. The van der Waals surface area contributed by atoms with Gasteiger partial charge in [0.1, 0.15) is 11.9 Å². The zero-order valence-electron chi connectivity index (χ0n) is 9.61. The molecule has 1 aromatic carbocycles. The maximum Gasteiger partial charge on any atom is 0.251 e. The van der Waals surface area contributed by atoms with E-state index in [0.29, 0.717) is 6.54 Å². The number of hydrogen-bond acceptors (Lipinski definition) is 3. The lowest BCUT2D eigenvalue weighted by Crippen LogP contribution is -2.33. The highest BCUT2D eigenvalue weighted by Gasteiger charge is 2.26. The molecule has 0 aromatic heterocycles. The van der Waals surface area contributed by atoms with E-state index in [1.807, 2.05) is 18.2 Å². The van der Waals surface area contributed by atoms with Gasteiger partial charge < -0.3 is 15.8 Å². The van der Waals surface area contributed by atoms with E-state index in [4.69, 9.17) is 10.5 Å². The van der Waals surface area contributed by atoms with Gasteiger partial charge in [-0.25, -0.2) is 0 Å². The van der Waals surface area contributed by atoms with Gasteiger partial charge >= 0.3 is 0 Å². The molecule has 2 atom stereocenters. The first kappa shape index (κ1) is 10.6. The minimum atomic E-state index is 0.00381. The molecule has 3 rings (SSSR count). The van der Waals surface area contributed by atoms with Crippen molar-refractivity contribution in [3.63, 3.8) is 0 Å². The fourth-order valence-electron chi connectivity index (χ4n) is 2.56. The molecule has 1 saturated carbocycles. The molecular weight excluding hydrogens is 216 g/mol. The van der Waals surface area contributed by atoms with E-state index in [1.165, 1.54) is 0 Å². The number of amides is 1. The molecule has 0 spiro atoms. The molecular formula is C13H16N2O2. The number of hydrogen-bond donors (Lipinski definition) is 2. The van der Waals surface area contributed by atoms with Gasteiger partial charge in [0.15, 0.2) is 0 Å². The fraction of sp³-hybridized carbons (Fsp3) is 0.462. The highest BCUT2D eigenvalue weighted by molar-refractivity contribution is 5.98. The van der Waals surface area contributed by atoms with E-state index in [1.54, 1.807) is 0 Å². The van der Waals surface area contributed by atoms with Gasteiger partial charge in [-0.15, -0.1) is 0 Å². The van der Waals surface area contributed by atoms with Crippen LogP contribution in [-0.2, 0) is 6.54 Å². The predicted octanol–water partition coefficient (Wildman–Crippen LogP) is 1.19. The van der Waals surface area contributed by atoms with Gasteiger partial charge in [0.2, 0.25) is 0 Å². The number of ether oxygens (including phenoxy) is 1. The molecule has 3 N–H and O–H groups in total. The van der Waals surface area contributed by atoms with E-state index < -0.39 is 0 Å². The molecule has 1 aliphatic heterocycles. The Morgan fingerprint density at radius 2 is 2.24 bits per heavy atom. The minimum absolute atomic E-state index is 0.00381. The van der Waals surface area contributed by atoms with Crippen LogP contribution in [0.15, 0.2) is 18.2 Å². The third kappa shape index (κ3) is 1.89. The summed E-state index contributed by atoms with van der Waals surface area (Å²) in [6, 6.07) is 5.77. The van der Waals surface area contributed by atoms with E-state index in [9.17, 15) is 4.79 Å². The van der Waals surface area contributed by atoms with Gasteiger partial charge in [-0.2, -0.15) is 0 Å². The molecule has 1 amide bonds. The van der Waals surface area contributed by atoms with Crippen LogP contribution in [0.4, 0.5) is 0 Å². The van der Waals surface area contributed by atoms with Crippen LogP contribution in [0.25, 0.3) is 0 Å². The molecule has 1 aliphatic carbocycles. The summed E-state index contributed by atoms with van der Waals surface area (Å²) in [5.41, 5.74) is 7.74. The fourth-order valence-corrected chi connectivity index (χ4v) is 2.56. The Balaban J connectivity index is 1.78. The molecule has 2 aliphatic rings.